The summed E-state index contributed by atoms with van der Waals surface area (Å²) >= 11 is 0. The molecule has 1 aromatic heterocycles. The molecule has 0 aliphatic carbocycles. The number of benzene rings is 1. The number of hydrogen-bond donors (Lipinski definition) is 1. The molecule has 1 atom stereocenters. The van der Waals surface area contributed by atoms with Gasteiger partial charge < -0.3 is 5.32 Å². The molecule has 2 aromatic rings. The smallest absolute Gasteiger partial charge is 0.0707 e. The van der Waals surface area contributed by atoms with Crippen LogP contribution in [0.4, 0.5) is 0 Å². The Balaban J connectivity index is 2.50. The maximum absolute atomic E-state index is 4.62. The minimum Gasteiger partial charge on any atom is -0.310 e. The van der Waals surface area contributed by atoms with Crippen molar-refractivity contribution in [3.8, 4) is 5.69 Å². The highest BCUT2D eigenvalue weighted by atomic mass is 15.3. The highest BCUT2D eigenvalue weighted by Gasteiger charge is 2.15. The molecule has 3 nitrogen and oxygen atoms in total. The molecule has 0 radical (unpaired) electrons. The summed E-state index contributed by atoms with van der Waals surface area (Å²) in [5.41, 5.74) is 7.55. The fourth-order valence-electron chi connectivity index (χ4n) is 3.00. The van der Waals surface area contributed by atoms with E-state index in [1.807, 2.05) is 6.20 Å². The van der Waals surface area contributed by atoms with Crippen LogP contribution in [0, 0.1) is 27.7 Å². The van der Waals surface area contributed by atoms with Gasteiger partial charge in [-0.2, -0.15) is 5.10 Å². The van der Waals surface area contributed by atoms with E-state index in [0.717, 1.165) is 6.54 Å². The van der Waals surface area contributed by atoms with E-state index in [4.69, 9.17) is 0 Å². The molecule has 1 heterocycles. The Labute approximate surface area is 122 Å². The van der Waals surface area contributed by atoms with E-state index in [0.29, 0.717) is 6.04 Å². The standard InChI is InChI=1S/C17H25N3/c1-7-18-14(5)16-10-19-20(15(16)6)17-12(3)8-11(2)9-13(17)4/h8-10,14,18H,7H2,1-6H3. The first-order valence-corrected chi connectivity index (χ1v) is 7.31. The molecule has 0 amide bonds. The second-order valence-electron chi connectivity index (χ2n) is 5.62. The monoisotopic (exact) mass is 271 g/mol. The molecule has 0 saturated heterocycles. The van der Waals surface area contributed by atoms with Crippen LogP contribution >= 0.6 is 0 Å². The fourth-order valence-corrected chi connectivity index (χ4v) is 3.00. The third-order valence-electron chi connectivity index (χ3n) is 3.87. The molecule has 1 aromatic carbocycles. The van der Waals surface area contributed by atoms with E-state index in [-0.39, 0.29) is 0 Å². The average Bonchev–Trinajstić information content (AvgIpc) is 2.71. The minimum absolute atomic E-state index is 0.333. The van der Waals surface area contributed by atoms with Gasteiger partial charge in [0.25, 0.3) is 0 Å². The molecule has 0 aliphatic rings. The van der Waals surface area contributed by atoms with E-state index in [2.05, 4.69) is 68.8 Å². The van der Waals surface area contributed by atoms with Crippen LogP contribution in [0.5, 0.6) is 0 Å². The predicted molar refractivity (Wildman–Crippen MR) is 84.6 cm³/mol. The average molecular weight is 271 g/mol. The summed E-state index contributed by atoms with van der Waals surface area (Å²) in [5.74, 6) is 0. The summed E-state index contributed by atoms with van der Waals surface area (Å²) in [6.45, 7) is 13.9. The van der Waals surface area contributed by atoms with E-state index >= 15 is 0 Å². The second-order valence-corrected chi connectivity index (χ2v) is 5.62. The first kappa shape index (κ1) is 14.8. The van der Waals surface area contributed by atoms with Crippen LogP contribution in [0.1, 0.15) is 47.8 Å². The molecule has 0 saturated carbocycles. The van der Waals surface area contributed by atoms with E-state index < -0.39 is 0 Å². The van der Waals surface area contributed by atoms with Gasteiger partial charge in [-0.05, 0) is 52.3 Å². The maximum Gasteiger partial charge on any atom is 0.0707 e. The summed E-state index contributed by atoms with van der Waals surface area (Å²) in [7, 11) is 0. The van der Waals surface area contributed by atoms with E-state index in [1.165, 1.54) is 33.6 Å². The van der Waals surface area contributed by atoms with E-state index in [1.54, 1.807) is 0 Å². The zero-order valence-corrected chi connectivity index (χ0v) is 13.4. The number of aromatic nitrogens is 2. The van der Waals surface area contributed by atoms with Crippen molar-refractivity contribution in [1.82, 2.24) is 15.1 Å². The van der Waals surface area contributed by atoms with Crippen molar-refractivity contribution in [2.45, 2.75) is 47.6 Å². The molecule has 20 heavy (non-hydrogen) atoms. The summed E-state index contributed by atoms with van der Waals surface area (Å²) in [4.78, 5) is 0. The maximum atomic E-state index is 4.62. The van der Waals surface area contributed by atoms with Gasteiger partial charge in [-0.1, -0.05) is 24.6 Å². The fraction of sp³-hybridized carbons (Fsp3) is 0.471. The molecular formula is C17H25N3. The predicted octanol–water partition coefficient (Wildman–Crippen LogP) is 3.78. The molecule has 108 valence electrons. The van der Waals surface area contributed by atoms with Crippen LogP contribution < -0.4 is 5.32 Å². The number of nitrogens with zero attached hydrogens (tertiary/aromatic N) is 2. The first-order valence-electron chi connectivity index (χ1n) is 7.31. The zero-order chi connectivity index (χ0) is 14.9. The lowest BCUT2D eigenvalue weighted by Gasteiger charge is -2.15. The van der Waals surface area contributed by atoms with Crippen molar-refractivity contribution >= 4 is 0 Å². The van der Waals surface area contributed by atoms with Gasteiger partial charge in [-0.15, -0.1) is 0 Å². The van der Waals surface area contributed by atoms with Crippen molar-refractivity contribution in [3.63, 3.8) is 0 Å². The Morgan fingerprint density at radius 1 is 1.15 bits per heavy atom. The van der Waals surface area contributed by atoms with Crippen LogP contribution in [0.3, 0.4) is 0 Å². The molecule has 0 spiro atoms. The van der Waals surface area contributed by atoms with Gasteiger partial charge in [0.1, 0.15) is 0 Å². The van der Waals surface area contributed by atoms with Crippen molar-refractivity contribution in [2.24, 2.45) is 0 Å². The lowest BCUT2D eigenvalue weighted by molar-refractivity contribution is 0.594. The number of nitrogens with one attached hydrogen (secondary N) is 1. The Morgan fingerprint density at radius 2 is 1.75 bits per heavy atom. The minimum atomic E-state index is 0.333. The van der Waals surface area contributed by atoms with Gasteiger partial charge in [0.2, 0.25) is 0 Å². The molecule has 0 fully saturated rings. The number of rotatable bonds is 4. The Bertz CT molecular complexity index is 588. The van der Waals surface area contributed by atoms with E-state index in [9.17, 15) is 0 Å². The molecule has 1 N–H and O–H groups in total. The molecular weight excluding hydrogens is 246 g/mol. The molecule has 3 heteroatoms. The van der Waals surface area contributed by atoms with Gasteiger partial charge in [0.05, 0.1) is 11.9 Å². The second kappa shape index (κ2) is 5.80. The van der Waals surface area contributed by atoms with Crippen LogP contribution in [0.25, 0.3) is 5.69 Å². The lowest BCUT2D eigenvalue weighted by atomic mass is 10.0. The highest BCUT2D eigenvalue weighted by Crippen LogP contribution is 2.25. The van der Waals surface area contributed by atoms with Crippen molar-refractivity contribution in [3.05, 3.63) is 46.3 Å². The summed E-state index contributed by atoms with van der Waals surface area (Å²) in [6.07, 6.45) is 1.99. The quantitative estimate of drug-likeness (QED) is 0.917. The van der Waals surface area contributed by atoms with Crippen molar-refractivity contribution in [2.75, 3.05) is 6.54 Å². The highest BCUT2D eigenvalue weighted by molar-refractivity contribution is 5.50. The zero-order valence-electron chi connectivity index (χ0n) is 13.4. The SMILES string of the molecule is CCNC(C)c1cnn(-c2c(C)cc(C)cc2C)c1C. The molecule has 1 unspecified atom stereocenters. The summed E-state index contributed by atoms with van der Waals surface area (Å²) in [6, 6.07) is 4.77. The third-order valence-corrected chi connectivity index (χ3v) is 3.87. The van der Waals surface area contributed by atoms with Gasteiger partial charge >= 0.3 is 0 Å². The topological polar surface area (TPSA) is 29.9 Å². The van der Waals surface area contributed by atoms with Crippen LogP contribution in [-0.2, 0) is 0 Å². The Hall–Kier alpha value is -1.61. The van der Waals surface area contributed by atoms with Gasteiger partial charge in [0, 0.05) is 17.3 Å². The first-order chi connectivity index (χ1) is 9.45. The van der Waals surface area contributed by atoms with Crippen LogP contribution in [0.15, 0.2) is 18.3 Å². The molecule has 2 rings (SSSR count). The summed E-state index contributed by atoms with van der Waals surface area (Å²) in [5, 5.41) is 8.07. The van der Waals surface area contributed by atoms with Gasteiger partial charge in [-0.25, -0.2) is 4.68 Å². The normalized spacial score (nSPS) is 12.7. The van der Waals surface area contributed by atoms with Gasteiger partial charge in [0.15, 0.2) is 0 Å². The Morgan fingerprint density at radius 3 is 2.30 bits per heavy atom. The van der Waals surface area contributed by atoms with Crippen LogP contribution in [0.2, 0.25) is 0 Å². The largest absolute Gasteiger partial charge is 0.310 e. The van der Waals surface area contributed by atoms with Crippen molar-refractivity contribution < 1.29 is 0 Å². The summed E-state index contributed by atoms with van der Waals surface area (Å²) < 4.78 is 2.08. The van der Waals surface area contributed by atoms with Crippen LogP contribution in [-0.4, -0.2) is 16.3 Å². The number of aryl methyl sites for hydroxylation is 3. The molecule has 0 bridgehead atoms. The van der Waals surface area contributed by atoms with Crippen molar-refractivity contribution in [1.29, 1.82) is 0 Å². The molecule has 0 aliphatic heterocycles. The number of hydrogen-bond acceptors (Lipinski definition) is 2. The lowest BCUT2D eigenvalue weighted by Crippen LogP contribution is -2.18. The Kier molecular flexibility index (Phi) is 4.29. The van der Waals surface area contributed by atoms with Gasteiger partial charge in [-0.3, -0.25) is 0 Å². The third kappa shape index (κ3) is 2.63.